The van der Waals surface area contributed by atoms with Gasteiger partial charge in [-0.1, -0.05) is 39.0 Å². The van der Waals surface area contributed by atoms with E-state index in [9.17, 15) is 0 Å². The van der Waals surface area contributed by atoms with Gasteiger partial charge in [0.2, 0.25) is 0 Å². The van der Waals surface area contributed by atoms with Crippen LogP contribution >= 0.6 is 0 Å². The Kier molecular flexibility index (Phi) is 2.26. The zero-order valence-electron chi connectivity index (χ0n) is 9.37. The molecule has 1 aromatic carbocycles. The first-order valence-corrected chi connectivity index (χ1v) is 5.40. The van der Waals surface area contributed by atoms with Crippen molar-refractivity contribution in [1.82, 2.24) is 0 Å². The minimum Gasteiger partial charge on any atom is -0.489 e. The SMILES string of the molecule is CC(C)c1cccc2c1OC(C)C2C. The second-order valence-corrected chi connectivity index (χ2v) is 4.53. The summed E-state index contributed by atoms with van der Waals surface area (Å²) in [5.74, 6) is 2.22. The van der Waals surface area contributed by atoms with Gasteiger partial charge in [-0.15, -0.1) is 0 Å². The lowest BCUT2D eigenvalue weighted by Crippen LogP contribution is -2.10. The number of benzene rings is 1. The van der Waals surface area contributed by atoms with E-state index in [1.165, 1.54) is 11.1 Å². The van der Waals surface area contributed by atoms with Crippen molar-refractivity contribution >= 4 is 0 Å². The number of hydrogen-bond acceptors (Lipinski definition) is 1. The van der Waals surface area contributed by atoms with Gasteiger partial charge in [0.15, 0.2) is 0 Å². The van der Waals surface area contributed by atoms with Crippen LogP contribution in [0.1, 0.15) is 50.7 Å². The van der Waals surface area contributed by atoms with Crippen LogP contribution in [-0.4, -0.2) is 6.10 Å². The third-order valence-electron chi connectivity index (χ3n) is 3.20. The van der Waals surface area contributed by atoms with E-state index in [0.29, 0.717) is 17.9 Å². The molecule has 1 heterocycles. The van der Waals surface area contributed by atoms with Crippen LogP contribution in [0.25, 0.3) is 0 Å². The van der Waals surface area contributed by atoms with Gasteiger partial charge in [-0.25, -0.2) is 0 Å². The number of ether oxygens (including phenoxy) is 1. The quantitative estimate of drug-likeness (QED) is 0.656. The summed E-state index contributed by atoms with van der Waals surface area (Å²) in [4.78, 5) is 0. The molecule has 0 aliphatic carbocycles. The highest BCUT2D eigenvalue weighted by Gasteiger charge is 2.29. The molecule has 2 atom stereocenters. The highest BCUT2D eigenvalue weighted by Crippen LogP contribution is 2.42. The second kappa shape index (κ2) is 3.30. The maximum absolute atomic E-state index is 5.91. The Bertz CT molecular complexity index is 341. The number of hydrogen-bond donors (Lipinski definition) is 0. The van der Waals surface area contributed by atoms with E-state index >= 15 is 0 Å². The minimum atomic E-state index is 0.324. The molecule has 0 spiro atoms. The fourth-order valence-electron chi connectivity index (χ4n) is 2.06. The first kappa shape index (κ1) is 9.57. The van der Waals surface area contributed by atoms with Crippen LogP contribution in [0.3, 0.4) is 0 Å². The summed E-state index contributed by atoms with van der Waals surface area (Å²) in [6.45, 7) is 8.81. The van der Waals surface area contributed by atoms with E-state index in [0.717, 1.165) is 5.75 Å². The second-order valence-electron chi connectivity index (χ2n) is 4.53. The molecule has 1 aromatic rings. The maximum atomic E-state index is 5.91. The van der Waals surface area contributed by atoms with Gasteiger partial charge < -0.3 is 4.74 Å². The predicted molar refractivity (Wildman–Crippen MR) is 59.0 cm³/mol. The molecule has 0 radical (unpaired) electrons. The summed E-state index contributed by atoms with van der Waals surface area (Å²) in [5, 5.41) is 0. The van der Waals surface area contributed by atoms with Crippen molar-refractivity contribution in [3.8, 4) is 5.75 Å². The van der Waals surface area contributed by atoms with Crippen molar-refractivity contribution < 1.29 is 4.74 Å². The standard InChI is InChI=1S/C13H18O/c1-8(2)11-6-5-7-12-9(3)10(4)14-13(11)12/h5-10H,1-4H3. The van der Waals surface area contributed by atoms with Crippen molar-refractivity contribution in [1.29, 1.82) is 0 Å². The maximum Gasteiger partial charge on any atom is 0.126 e. The molecule has 1 aliphatic rings. The monoisotopic (exact) mass is 190 g/mol. The van der Waals surface area contributed by atoms with E-state index in [1.54, 1.807) is 0 Å². The molecule has 0 aromatic heterocycles. The zero-order chi connectivity index (χ0) is 10.3. The van der Waals surface area contributed by atoms with Crippen LogP contribution in [0.4, 0.5) is 0 Å². The summed E-state index contributed by atoms with van der Waals surface area (Å²) in [6.07, 6.45) is 0.324. The third kappa shape index (κ3) is 1.31. The summed E-state index contributed by atoms with van der Waals surface area (Å²) >= 11 is 0. The Morgan fingerprint density at radius 2 is 1.93 bits per heavy atom. The van der Waals surface area contributed by atoms with E-state index in [4.69, 9.17) is 4.74 Å². The van der Waals surface area contributed by atoms with E-state index < -0.39 is 0 Å². The molecule has 0 saturated heterocycles. The molecule has 1 aliphatic heterocycles. The lowest BCUT2D eigenvalue weighted by Gasteiger charge is -2.11. The third-order valence-corrected chi connectivity index (χ3v) is 3.20. The molecular formula is C13H18O. The van der Waals surface area contributed by atoms with Gasteiger partial charge in [0, 0.05) is 11.5 Å². The van der Waals surface area contributed by atoms with Gasteiger partial charge in [0.05, 0.1) is 0 Å². The topological polar surface area (TPSA) is 9.23 Å². The smallest absolute Gasteiger partial charge is 0.126 e. The van der Waals surface area contributed by atoms with Gasteiger partial charge in [-0.05, 0) is 18.4 Å². The van der Waals surface area contributed by atoms with Crippen LogP contribution in [0.15, 0.2) is 18.2 Å². The summed E-state index contributed by atoms with van der Waals surface area (Å²) in [5.41, 5.74) is 2.72. The fourth-order valence-corrected chi connectivity index (χ4v) is 2.06. The fraction of sp³-hybridized carbons (Fsp3) is 0.538. The highest BCUT2D eigenvalue weighted by molar-refractivity contribution is 5.48. The van der Waals surface area contributed by atoms with E-state index in [2.05, 4.69) is 45.9 Å². The summed E-state index contributed by atoms with van der Waals surface area (Å²) in [6, 6.07) is 6.51. The molecule has 0 N–H and O–H groups in total. The van der Waals surface area contributed by atoms with Crippen LogP contribution < -0.4 is 4.74 Å². The molecule has 0 bridgehead atoms. The van der Waals surface area contributed by atoms with Crippen LogP contribution in [-0.2, 0) is 0 Å². The highest BCUT2D eigenvalue weighted by atomic mass is 16.5. The molecule has 0 fully saturated rings. The minimum absolute atomic E-state index is 0.324. The Morgan fingerprint density at radius 3 is 2.57 bits per heavy atom. The molecular weight excluding hydrogens is 172 g/mol. The Hall–Kier alpha value is -0.980. The largest absolute Gasteiger partial charge is 0.489 e. The predicted octanol–water partition coefficient (Wildman–Crippen LogP) is 3.69. The normalized spacial score (nSPS) is 24.9. The molecule has 0 saturated carbocycles. The average molecular weight is 190 g/mol. The van der Waals surface area contributed by atoms with Gasteiger partial charge in [-0.3, -0.25) is 0 Å². The van der Waals surface area contributed by atoms with Crippen molar-refractivity contribution in [2.75, 3.05) is 0 Å². The summed E-state index contributed by atoms with van der Waals surface area (Å²) in [7, 11) is 0. The Labute approximate surface area is 86.1 Å². The zero-order valence-corrected chi connectivity index (χ0v) is 9.37. The van der Waals surface area contributed by atoms with E-state index in [1.807, 2.05) is 0 Å². The summed E-state index contributed by atoms with van der Waals surface area (Å²) < 4.78 is 5.91. The lowest BCUT2D eigenvalue weighted by molar-refractivity contribution is 0.230. The molecule has 76 valence electrons. The molecule has 14 heavy (non-hydrogen) atoms. The lowest BCUT2D eigenvalue weighted by atomic mass is 9.93. The van der Waals surface area contributed by atoms with Crippen molar-refractivity contribution in [2.45, 2.75) is 45.6 Å². The Balaban J connectivity index is 2.50. The number of rotatable bonds is 1. The average Bonchev–Trinajstić information content (AvgIpc) is 2.43. The van der Waals surface area contributed by atoms with Crippen molar-refractivity contribution in [3.05, 3.63) is 29.3 Å². The Morgan fingerprint density at radius 1 is 1.21 bits per heavy atom. The van der Waals surface area contributed by atoms with Gasteiger partial charge >= 0.3 is 0 Å². The molecule has 2 rings (SSSR count). The van der Waals surface area contributed by atoms with Gasteiger partial charge in [0.25, 0.3) is 0 Å². The molecule has 1 heteroatoms. The molecule has 1 nitrogen and oxygen atoms in total. The van der Waals surface area contributed by atoms with Gasteiger partial charge in [-0.2, -0.15) is 0 Å². The van der Waals surface area contributed by atoms with Crippen LogP contribution in [0.5, 0.6) is 5.75 Å². The molecule has 2 unspecified atom stereocenters. The first-order valence-electron chi connectivity index (χ1n) is 5.40. The molecule has 0 amide bonds. The van der Waals surface area contributed by atoms with Gasteiger partial charge in [0.1, 0.15) is 11.9 Å². The number of para-hydroxylation sites is 1. The van der Waals surface area contributed by atoms with Crippen molar-refractivity contribution in [2.24, 2.45) is 0 Å². The van der Waals surface area contributed by atoms with Crippen LogP contribution in [0, 0.1) is 0 Å². The first-order chi connectivity index (χ1) is 6.61. The van der Waals surface area contributed by atoms with Crippen molar-refractivity contribution in [3.63, 3.8) is 0 Å². The van der Waals surface area contributed by atoms with Crippen LogP contribution in [0.2, 0.25) is 0 Å². The van der Waals surface area contributed by atoms with E-state index in [-0.39, 0.29) is 0 Å². The number of fused-ring (bicyclic) bond motifs is 1.